The number of azide groups is 1. The van der Waals surface area contributed by atoms with Crippen molar-refractivity contribution in [2.24, 2.45) is 5.11 Å². The molecule has 0 atom stereocenters. The number of fused-ring (bicyclic) bond motifs is 1. The van der Waals surface area contributed by atoms with Crippen molar-refractivity contribution in [3.8, 4) is 0 Å². The van der Waals surface area contributed by atoms with Crippen molar-refractivity contribution in [3.63, 3.8) is 0 Å². The zero-order valence-electron chi connectivity index (χ0n) is 7.55. The van der Waals surface area contributed by atoms with Gasteiger partial charge < -0.3 is 0 Å². The van der Waals surface area contributed by atoms with Crippen molar-refractivity contribution in [2.75, 3.05) is 0 Å². The van der Waals surface area contributed by atoms with E-state index in [9.17, 15) is 0 Å². The molecule has 5 nitrogen and oxygen atoms in total. The molecule has 0 aromatic carbocycles. The minimum atomic E-state index is 0.572. The number of aryl methyl sites for hydroxylation is 1. The molecule has 0 aliphatic carbocycles. The van der Waals surface area contributed by atoms with Gasteiger partial charge in [0.1, 0.15) is 0 Å². The summed E-state index contributed by atoms with van der Waals surface area (Å²) in [6, 6.07) is 5.36. The standard InChI is InChI=1S/C9H7N5/c1-6-5-8(13-14-10)7-3-2-4-11-9(7)12-6/h2-5H,1H3. The zero-order valence-corrected chi connectivity index (χ0v) is 7.55. The van der Waals surface area contributed by atoms with Crippen LogP contribution in [0.3, 0.4) is 0 Å². The van der Waals surface area contributed by atoms with Crippen LogP contribution in [0, 0.1) is 6.92 Å². The molecule has 0 saturated heterocycles. The maximum absolute atomic E-state index is 8.39. The lowest BCUT2D eigenvalue weighted by atomic mass is 10.2. The molecule has 5 heteroatoms. The topological polar surface area (TPSA) is 74.5 Å². The molecule has 0 amide bonds. The summed E-state index contributed by atoms with van der Waals surface area (Å²) in [6.07, 6.45) is 1.66. The van der Waals surface area contributed by atoms with Crippen LogP contribution < -0.4 is 0 Å². The Bertz CT molecular complexity index is 528. The van der Waals surface area contributed by atoms with Gasteiger partial charge in [-0.05, 0) is 30.7 Å². The molecule has 68 valence electrons. The van der Waals surface area contributed by atoms with Gasteiger partial charge in [-0.2, -0.15) is 0 Å². The zero-order chi connectivity index (χ0) is 9.97. The summed E-state index contributed by atoms with van der Waals surface area (Å²) >= 11 is 0. The van der Waals surface area contributed by atoms with Gasteiger partial charge in [-0.1, -0.05) is 5.11 Å². The summed E-state index contributed by atoms with van der Waals surface area (Å²) in [5.74, 6) is 0. The van der Waals surface area contributed by atoms with Gasteiger partial charge in [0.2, 0.25) is 0 Å². The Kier molecular flexibility index (Phi) is 2.01. The third-order valence-corrected chi connectivity index (χ3v) is 1.84. The lowest BCUT2D eigenvalue weighted by Gasteiger charge is -2.00. The SMILES string of the molecule is Cc1cc(N=[N+]=[N-])c2cccnc2n1. The smallest absolute Gasteiger partial charge is 0.159 e. The molecule has 0 radical (unpaired) electrons. The summed E-state index contributed by atoms with van der Waals surface area (Å²) in [6.45, 7) is 1.84. The molecule has 0 fully saturated rings. The lowest BCUT2D eigenvalue weighted by molar-refractivity contribution is 1.20. The fourth-order valence-electron chi connectivity index (χ4n) is 1.29. The van der Waals surface area contributed by atoms with Crippen LogP contribution in [-0.4, -0.2) is 9.97 Å². The first-order valence-corrected chi connectivity index (χ1v) is 4.09. The van der Waals surface area contributed by atoms with Crippen molar-refractivity contribution in [1.29, 1.82) is 0 Å². The van der Waals surface area contributed by atoms with Crippen LogP contribution in [0.4, 0.5) is 5.69 Å². The Hall–Kier alpha value is -2.13. The molecule has 0 unspecified atom stereocenters. The molecule has 14 heavy (non-hydrogen) atoms. The Morgan fingerprint density at radius 1 is 1.50 bits per heavy atom. The highest BCUT2D eigenvalue weighted by atomic mass is 15.1. The van der Waals surface area contributed by atoms with E-state index >= 15 is 0 Å². The van der Waals surface area contributed by atoms with E-state index in [1.807, 2.05) is 13.0 Å². The van der Waals surface area contributed by atoms with E-state index in [4.69, 9.17) is 5.53 Å². The van der Waals surface area contributed by atoms with Crippen molar-refractivity contribution in [1.82, 2.24) is 9.97 Å². The lowest BCUT2D eigenvalue weighted by Crippen LogP contribution is -1.86. The van der Waals surface area contributed by atoms with Crippen molar-refractivity contribution >= 4 is 16.7 Å². The van der Waals surface area contributed by atoms with Crippen LogP contribution >= 0.6 is 0 Å². The molecule has 0 aliphatic rings. The maximum atomic E-state index is 8.39. The van der Waals surface area contributed by atoms with Gasteiger partial charge in [-0.3, -0.25) is 0 Å². The summed E-state index contributed by atoms with van der Waals surface area (Å²) < 4.78 is 0. The summed E-state index contributed by atoms with van der Waals surface area (Å²) in [5, 5.41) is 4.37. The Labute approximate surface area is 80.1 Å². The van der Waals surface area contributed by atoms with Crippen LogP contribution in [0.2, 0.25) is 0 Å². The second-order valence-corrected chi connectivity index (χ2v) is 2.85. The number of nitrogens with zero attached hydrogens (tertiary/aromatic N) is 5. The molecule has 0 aliphatic heterocycles. The van der Waals surface area contributed by atoms with E-state index in [-0.39, 0.29) is 0 Å². The predicted molar refractivity (Wildman–Crippen MR) is 53.1 cm³/mol. The van der Waals surface area contributed by atoms with E-state index in [1.54, 1.807) is 18.3 Å². The maximum Gasteiger partial charge on any atom is 0.159 e. The molecule has 2 aromatic heterocycles. The number of pyridine rings is 2. The number of aromatic nitrogens is 2. The van der Waals surface area contributed by atoms with E-state index in [0.717, 1.165) is 11.1 Å². The van der Waals surface area contributed by atoms with E-state index < -0.39 is 0 Å². The highest BCUT2D eigenvalue weighted by Gasteiger charge is 2.01. The molecular formula is C9H7N5. The van der Waals surface area contributed by atoms with Crippen molar-refractivity contribution in [3.05, 3.63) is 40.5 Å². The van der Waals surface area contributed by atoms with E-state index in [0.29, 0.717) is 11.3 Å². The molecule has 0 spiro atoms. The van der Waals surface area contributed by atoms with Gasteiger partial charge in [0.25, 0.3) is 0 Å². The number of hydrogen-bond acceptors (Lipinski definition) is 3. The van der Waals surface area contributed by atoms with Crippen LogP contribution in [-0.2, 0) is 0 Å². The van der Waals surface area contributed by atoms with Crippen LogP contribution in [0.5, 0.6) is 0 Å². The highest BCUT2D eigenvalue weighted by molar-refractivity contribution is 5.86. The van der Waals surface area contributed by atoms with E-state index in [1.165, 1.54) is 0 Å². The van der Waals surface area contributed by atoms with Crippen molar-refractivity contribution in [2.45, 2.75) is 6.92 Å². The third-order valence-electron chi connectivity index (χ3n) is 1.84. The van der Waals surface area contributed by atoms with Gasteiger partial charge in [0, 0.05) is 22.2 Å². The highest BCUT2D eigenvalue weighted by Crippen LogP contribution is 2.23. The summed E-state index contributed by atoms with van der Waals surface area (Å²) in [7, 11) is 0. The predicted octanol–water partition coefficient (Wildman–Crippen LogP) is 2.88. The molecule has 2 aromatic rings. The third kappa shape index (κ3) is 1.36. The van der Waals surface area contributed by atoms with E-state index in [2.05, 4.69) is 20.0 Å². The quantitative estimate of drug-likeness (QED) is 0.389. The fourth-order valence-corrected chi connectivity index (χ4v) is 1.29. The van der Waals surface area contributed by atoms with Gasteiger partial charge in [-0.15, -0.1) is 0 Å². The first-order chi connectivity index (χ1) is 6.81. The molecule has 0 N–H and O–H groups in total. The Morgan fingerprint density at radius 3 is 3.14 bits per heavy atom. The normalized spacial score (nSPS) is 9.79. The van der Waals surface area contributed by atoms with Crippen LogP contribution in [0.15, 0.2) is 29.5 Å². The summed E-state index contributed by atoms with van der Waals surface area (Å²) in [4.78, 5) is 11.1. The second kappa shape index (κ2) is 3.32. The number of rotatable bonds is 1. The van der Waals surface area contributed by atoms with Crippen LogP contribution in [0.25, 0.3) is 21.5 Å². The monoisotopic (exact) mass is 185 g/mol. The Balaban J connectivity index is 2.86. The largest absolute Gasteiger partial charge is 0.237 e. The van der Waals surface area contributed by atoms with Crippen LogP contribution in [0.1, 0.15) is 5.69 Å². The average Bonchev–Trinajstić information content (AvgIpc) is 2.18. The molecule has 0 bridgehead atoms. The van der Waals surface area contributed by atoms with Gasteiger partial charge in [-0.25, -0.2) is 9.97 Å². The minimum Gasteiger partial charge on any atom is -0.237 e. The van der Waals surface area contributed by atoms with Gasteiger partial charge >= 0.3 is 0 Å². The Morgan fingerprint density at radius 2 is 2.36 bits per heavy atom. The molecule has 2 heterocycles. The first kappa shape index (κ1) is 8.47. The molecule has 0 saturated carbocycles. The van der Waals surface area contributed by atoms with Crippen molar-refractivity contribution < 1.29 is 0 Å². The number of hydrogen-bond donors (Lipinski definition) is 0. The average molecular weight is 185 g/mol. The fraction of sp³-hybridized carbons (Fsp3) is 0.111. The van der Waals surface area contributed by atoms with Gasteiger partial charge in [0.15, 0.2) is 5.65 Å². The second-order valence-electron chi connectivity index (χ2n) is 2.85. The minimum absolute atomic E-state index is 0.572. The molecule has 2 rings (SSSR count). The van der Waals surface area contributed by atoms with Gasteiger partial charge in [0.05, 0.1) is 5.69 Å². The first-order valence-electron chi connectivity index (χ1n) is 4.09. The summed E-state index contributed by atoms with van der Waals surface area (Å²) in [5.41, 5.74) is 10.4. The molecular weight excluding hydrogens is 178 g/mol.